The van der Waals surface area contributed by atoms with Crippen LogP contribution < -0.4 is 4.90 Å². The van der Waals surface area contributed by atoms with Gasteiger partial charge in [-0.1, -0.05) is 30.3 Å². The van der Waals surface area contributed by atoms with E-state index in [1.807, 2.05) is 6.20 Å². The Bertz CT molecular complexity index is 817. The zero-order chi connectivity index (χ0) is 16.4. The van der Waals surface area contributed by atoms with Gasteiger partial charge in [0.1, 0.15) is 0 Å². The van der Waals surface area contributed by atoms with Crippen LogP contribution in [0.5, 0.6) is 0 Å². The molecule has 1 aromatic heterocycles. The van der Waals surface area contributed by atoms with E-state index in [1.54, 1.807) is 0 Å². The molecule has 4 heteroatoms. The number of aromatic amines is 1. The molecule has 124 valence electrons. The predicted octanol–water partition coefficient (Wildman–Crippen LogP) is 3.80. The van der Waals surface area contributed by atoms with E-state index in [-0.39, 0.29) is 0 Å². The van der Waals surface area contributed by atoms with Crippen LogP contribution in [0.25, 0.3) is 10.9 Å². The molecule has 2 aromatic carbocycles. The second-order valence-corrected chi connectivity index (χ2v) is 6.79. The van der Waals surface area contributed by atoms with Gasteiger partial charge in [-0.05, 0) is 43.1 Å². The van der Waals surface area contributed by atoms with Crippen LogP contribution in [0.15, 0.2) is 48.7 Å². The minimum atomic E-state index is 0.910. The maximum Gasteiger partial charge on any atom is 0.0695 e. The van der Waals surface area contributed by atoms with Gasteiger partial charge < -0.3 is 4.90 Å². The zero-order valence-corrected chi connectivity index (χ0v) is 14.2. The summed E-state index contributed by atoms with van der Waals surface area (Å²) in [6.07, 6.45) is 4.52. The molecule has 0 unspecified atom stereocenters. The fourth-order valence-electron chi connectivity index (χ4n) is 3.65. The Morgan fingerprint density at radius 3 is 2.79 bits per heavy atom. The number of hydrogen-bond acceptors (Lipinski definition) is 3. The van der Waals surface area contributed by atoms with Gasteiger partial charge >= 0.3 is 0 Å². The van der Waals surface area contributed by atoms with Crippen LogP contribution >= 0.6 is 0 Å². The Hall–Kier alpha value is -2.33. The van der Waals surface area contributed by atoms with E-state index < -0.39 is 0 Å². The normalized spacial score (nSPS) is 14.8. The first-order valence-electron chi connectivity index (χ1n) is 8.73. The van der Waals surface area contributed by atoms with Crippen molar-refractivity contribution in [3.05, 3.63) is 59.8 Å². The van der Waals surface area contributed by atoms with Crippen molar-refractivity contribution in [3.8, 4) is 0 Å². The van der Waals surface area contributed by atoms with E-state index in [4.69, 9.17) is 0 Å². The van der Waals surface area contributed by atoms with Gasteiger partial charge in [-0.15, -0.1) is 0 Å². The third-order valence-corrected chi connectivity index (χ3v) is 4.84. The van der Waals surface area contributed by atoms with Crippen molar-refractivity contribution in [3.63, 3.8) is 0 Å². The van der Waals surface area contributed by atoms with Gasteiger partial charge in [0.05, 0.1) is 11.7 Å². The van der Waals surface area contributed by atoms with Crippen molar-refractivity contribution >= 4 is 16.6 Å². The molecule has 4 nitrogen and oxygen atoms in total. The third kappa shape index (κ3) is 3.15. The van der Waals surface area contributed by atoms with Gasteiger partial charge in [0, 0.05) is 37.3 Å². The topological polar surface area (TPSA) is 35.2 Å². The summed E-state index contributed by atoms with van der Waals surface area (Å²) < 4.78 is 0. The van der Waals surface area contributed by atoms with Gasteiger partial charge in [-0.2, -0.15) is 5.10 Å². The summed E-state index contributed by atoms with van der Waals surface area (Å²) in [7, 11) is 2.18. The number of H-pyrrole nitrogens is 1. The smallest absolute Gasteiger partial charge is 0.0695 e. The number of nitrogens with zero attached hydrogens (tertiary/aromatic N) is 3. The van der Waals surface area contributed by atoms with Crippen LogP contribution in [0.3, 0.4) is 0 Å². The van der Waals surface area contributed by atoms with E-state index in [2.05, 4.69) is 69.5 Å². The molecule has 2 heterocycles. The molecule has 1 aliphatic heterocycles. The van der Waals surface area contributed by atoms with Crippen molar-refractivity contribution in [1.29, 1.82) is 0 Å². The van der Waals surface area contributed by atoms with E-state index in [9.17, 15) is 0 Å². The third-order valence-electron chi connectivity index (χ3n) is 4.84. The van der Waals surface area contributed by atoms with Gasteiger partial charge in [0.2, 0.25) is 0 Å². The van der Waals surface area contributed by atoms with Crippen molar-refractivity contribution in [2.24, 2.45) is 0 Å². The lowest BCUT2D eigenvalue weighted by molar-refractivity contribution is 0.320. The zero-order valence-electron chi connectivity index (χ0n) is 14.2. The highest BCUT2D eigenvalue weighted by atomic mass is 15.1. The van der Waals surface area contributed by atoms with Gasteiger partial charge in [0.25, 0.3) is 0 Å². The average Bonchev–Trinajstić information content (AvgIpc) is 3.27. The second kappa shape index (κ2) is 6.65. The summed E-state index contributed by atoms with van der Waals surface area (Å²) in [6, 6.07) is 15.4. The van der Waals surface area contributed by atoms with Crippen molar-refractivity contribution in [2.45, 2.75) is 25.9 Å². The lowest BCUT2D eigenvalue weighted by atomic mass is 10.1. The van der Waals surface area contributed by atoms with Crippen molar-refractivity contribution < 1.29 is 0 Å². The molecule has 0 aliphatic carbocycles. The number of benzene rings is 2. The van der Waals surface area contributed by atoms with Crippen LogP contribution in [0, 0.1) is 0 Å². The van der Waals surface area contributed by atoms with Gasteiger partial charge in [-0.3, -0.25) is 10.00 Å². The van der Waals surface area contributed by atoms with Crippen LogP contribution in [0.2, 0.25) is 0 Å². The molecule has 1 fully saturated rings. The van der Waals surface area contributed by atoms with E-state index in [1.165, 1.54) is 48.1 Å². The number of para-hydroxylation sites is 1. The largest absolute Gasteiger partial charge is 0.372 e. The molecule has 0 saturated carbocycles. The molecule has 0 bridgehead atoms. The monoisotopic (exact) mass is 320 g/mol. The molecule has 3 aromatic rings. The highest BCUT2D eigenvalue weighted by Crippen LogP contribution is 2.22. The Morgan fingerprint density at radius 1 is 1.08 bits per heavy atom. The number of nitrogens with one attached hydrogen (secondary N) is 1. The quantitative estimate of drug-likeness (QED) is 0.777. The summed E-state index contributed by atoms with van der Waals surface area (Å²) in [6.45, 7) is 4.25. The van der Waals surface area contributed by atoms with E-state index in [0.29, 0.717) is 0 Å². The number of rotatable bonds is 5. The lowest BCUT2D eigenvalue weighted by Gasteiger charge is -2.21. The van der Waals surface area contributed by atoms with E-state index >= 15 is 0 Å². The minimum absolute atomic E-state index is 0.910. The Kier molecular flexibility index (Phi) is 4.22. The predicted molar refractivity (Wildman–Crippen MR) is 99.2 cm³/mol. The minimum Gasteiger partial charge on any atom is -0.372 e. The summed E-state index contributed by atoms with van der Waals surface area (Å²) in [4.78, 5) is 4.85. The first-order chi connectivity index (χ1) is 11.8. The Labute approximate surface area is 143 Å². The number of hydrogen-bond donors (Lipinski definition) is 1. The second-order valence-electron chi connectivity index (χ2n) is 6.79. The molecule has 0 spiro atoms. The molecule has 1 aliphatic rings. The number of fused-ring (bicyclic) bond motifs is 1. The molecular formula is C20H24N4. The SMILES string of the molecule is CN(Cc1cccc(N2CCCC2)c1)Cc1cccc2cn[nH]c12. The first kappa shape index (κ1) is 15.2. The lowest BCUT2D eigenvalue weighted by Crippen LogP contribution is -2.19. The fourth-order valence-corrected chi connectivity index (χ4v) is 3.65. The number of anilines is 1. The molecule has 0 radical (unpaired) electrons. The molecule has 24 heavy (non-hydrogen) atoms. The molecule has 1 saturated heterocycles. The van der Waals surface area contributed by atoms with Crippen LogP contribution in [-0.4, -0.2) is 35.2 Å². The van der Waals surface area contributed by atoms with E-state index in [0.717, 1.165) is 18.6 Å². The van der Waals surface area contributed by atoms with Crippen molar-refractivity contribution in [1.82, 2.24) is 15.1 Å². The maximum atomic E-state index is 4.16. The highest BCUT2D eigenvalue weighted by molar-refractivity contribution is 5.81. The molecule has 0 amide bonds. The molecular weight excluding hydrogens is 296 g/mol. The molecule has 4 rings (SSSR count). The molecule has 0 atom stereocenters. The summed E-state index contributed by atoms with van der Waals surface area (Å²) in [5.74, 6) is 0. The molecule has 1 N–H and O–H groups in total. The van der Waals surface area contributed by atoms with Crippen LogP contribution in [0.1, 0.15) is 24.0 Å². The average molecular weight is 320 g/mol. The number of aromatic nitrogens is 2. The fraction of sp³-hybridized carbons (Fsp3) is 0.350. The van der Waals surface area contributed by atoms with Gasteiger partial charge in [-0.25, -0.2) is 0 Å². The standard InChI is InChI=1S/C20H24N4/c1-23(15-18-8-5-7-17-13-21-22-20(17)18)14-16-6-4-9-19(12-16)24-10-2-3-11-24/h4-9,12-13H,2-3,10-11,14-15H2,1H3,(H,21,22). The Morgan fingerprint density at radius 2 is 1.92 bits per heavy atom. The summed E-state index contributed by atoms with van der Waals surface area (Å²) in [5.41, 5.74) is 5.19. The van der Waals surface area contributed by atoms with Crippen LogP contribution in [-0.2, 0) is 13.1 Å². The summed E-state index contributed by atoms with van der Waals surface area (Å²) >= 11 is 0. The van der Waals surface area contributed by atoms with Gasteiger partial charge in [0.15, 0.2) is 0 Å². The van der Waals surface area contributed by atoms with Crippen LogP contribution in [0.4, 0.5) is 5.69 Å². The van der Waals surface area contributed by atoms with Crippen molar-refractivity contribution in [2.75, 3.05) is 25.0 Å². The summed E-state index contributed by atoms with van der Waals surface area (Å²) in [5, 5.41) is 8.46. The first-order valence-corrected chi connectivity index (χ1v) is 8.73. The Balaban J connectivity index is 1.47. The highest BCUT2D eigenvalue weighted by Gasteiger charge is 2.13. The maximum absolute atomic E-state index is 4.16.